The van der Waals surface area contributed by atoms with E-state index in [4.69, 9.17) is 28.2 Å². The van der Waals surface area contributed by atoms with Gasteiger partial charge in [-0.05, 0) is 41.8 Å². The van der Waals surface area contributed by atoms with Crippen molar-refractivity contribution < 1.29 is 4.92 Å². The molecule has 0 aliphatic rings. The molecule has 0 amide bonds. The summed E-state index contributed by atoms with van der Waals surface area (Å²) in [5, 5.41) is 12.9. The number of halogens is 2. The molecule has 0 saturated carbocycles. The summed E-state index contributed by atoms with van der Waals surface area (Å²) in [6.07, 6.45) is 0.634. The third-order valence-electron chi connectivity index (χ3n) is 4.54. The highest BCUT2D eigenvalue weighted by molar-refractivity contribution is 6.42. The summed E-state index contributed by atoms with van der Waals surface area (Å²) in [5.74, 6) is 0. The summed E-state index contributed by atoms with van der Waals surface area (Å²) in [4.78, 5) is 15.5. The maximum absolute atomic E-state index is 11.2. The second-order valence-electron chi connectivity index (χ2n) is 6.42. The lowest BCUT2D eigenvalue weighted by molar-refractivity contribution is -0.384. The van der Waals surface area contributed by atoms with Crippen LogP contribution in [0.3, 0.4) is 0 Å². The second kappa shape index (κ2) is 7.58. The molecule has 0 radical (unpaired) electrons. The fraction of sp³-hybridized carbons (Fsp3) is 0.0455. The fourth-order valence-electron chi connectivity index (χ4n) is 3.16. The van der Waals surface area contributed by atoms with Crippen molar-refractivity contribution in [1.29, 1.82) is 0 Å². The molecule has 0 fully saturated rings. The first-order valence-electron chi connectivity index (χ1n) is 8.59. The molecule has 0 aliphatic heterocycles. The number of nitrogens with zero attached hydrogens (tertiary/aromatic N) is 2. The van der Waals surface area contributed by atoms with Crippen molar-refractivity contribution >= 4 is 39.8 Å². The molecule has 0 spiro atoms. The number of hydrogen-bond acceptors (Lipinski definition) is 3. The first-order chi connectivity index (χ1) is 13.5. The van der Waals surface area contributed by atoms with Crippen molar-refractivity contribution in [3.63, 3.8) is 0 Å². The Labute approximate surface area is 171 Å². The normalized spacial score (nSPS) is 10.9. The maximum Gasteiger partial charge on any atom is 0.270 e. The molecular formula is C22H14Cl2N2O2. The van der Waals surface area contributed by atoms with Crippen LogP contribution in [0.2, 0.25) is 10.0 Å². The monoisotopic (exact) mass is 408 g/mol. The first kappa shape index (κ1) is 18.4. The van der Waals surface area contributed by atoms with Crippen LogP contribution in [0, 0.1) is 10.1 Å². The molecule has 4 aromatic rings. The van der Waals surface area contributed by atoms with E-state index in [2.05, 4.69) is 0 Å². The zero-order chi connectivity index (χ0) is 19.7. The highest BCUT2D eigenvalue weighted by Gasteiger charge is 2.13. The lowest BCUT2D eigenvalue weighted by atomic mass is 9.98. The zero-order valence-electron chi connectivity index (χ0n) is 14.6. The summed E-state index contributed by atoms with van der Waals surface area (Å²) in [5.41, 5.74) is 4.39. The Bertz CT molecular complexity index is 1190. The lowest BCUT2D eigenvalue weighted by Crippen LogP contribution is -1.96. The largest absolute Gasteiger partial charge is 0.270 e. The quantitative estimate of drug-likeness (QED) is 0.278. The van der Waals surface area contributed by atoms with Gasteiger partial charge in [-0.15, -0.1) is 0 Å². The smallest absolute Gasteiger partial charge is 0.258 e. The Morgan fingerprint density at radius 3 is 2.39 bits per heavy atom. The van der Waals surface area contributed by atoms with E-state index in [1.165, 1.54) is 6.07 Å². The fourth-order valence-corrected chi connectivity index (χ4v) is 3.46. The molecule has 4 nitrogen and oxygen atoms in total. The summed E-state index contributed by atoms with van der Waals surface area (Å²) < 4.78 is 0. The van der Waals surface area contributed by atoms with Crippen LogP contribution in [-0.2, 0) is 6.42 Å². The second-order valence-corrected chi connectivity index (χ2v) is 7.23. The summed E-state index contributed by atoms with van der Waals surface area (Å²) in [7, 11) is 0. The highest BCUT2D eigenvalue weighted by Crippen LogP contribution is 2.32. The van der Waals surface area contributed by atoms with Crippen molar-refractivity contribution in [3.05, 3.63) is 104 Å². The van der Waals surface area contributed by atoms with Crippen molar-refractivity contribution in [1.82, 2.24) is 4.98 Å². The molecule has 1 heterocycles. The molecule has 0 saturated heterocycles. The van der Waals surface area contributed by atoms with Gasteiger partial charge in [0, 0.05) is 23.1 Å². The van der Waals surface area contributed by atoms with Gasteiger partial charge in [0.1, 0.15) is 0 Å². The molecular weight excluding hydrogens is 395 g/mol. The lowest BCUT2D eigenvalue weighted by Gasteiger charge is -2.11. The van der Waals surface area contributed by atoms with Gasteiger partial charge in [-0.3, -0.25) is 10.1 Å². The molecule has 0 N–H and O–H groups in total. The predicted molar refractivity (Wildman–Crippen MR) is 113 cm³/mol. The van der Waals surface area contributed by atoms with Gasteiger partial charge in [-0.1, -0.05) is 59.6 Å². The molecule has 0 aliphatic carbocycles. The van der Waals surface area contributed by atoms with Gasteiger partial charge in [0.05, 0.1) is 26.2 Å². The van der Waals surface area contributed by atoms with Gasteiger partial charge in [0.25, 0.3) is 5.69 Å². The number of hydrogen-bond donors (Lipinski definition) is 0. The Hall–Kier alpha value is -2.95. The van der Waals surface area contributed by atoms with Crippen LogP contribution in [0.15, 0.2) is 72.8 Å². The molecule has 3 aromatic carbocycles. The molecule has 138 valence electrons. The van der Waals surface area contributed by atoms with Crippen LogP contribution in [-0.4, -0.2) is 9.91 Å². The molecule has 0 atom stereocenters. The van der Waals surface area contributed by atoms with E-state index in [-0.39, 0.29) is 5.69 Å². The van der Waals surface area contributed by atoms with Crippen molar-refractivity contribution in [3.8, 4) is 11.3 Å². The van der Waals surface area contributed by atoms with Gasteiger partial charge in [-0.2, -0.15) is 0 Å². The zero-order valence-corrected chi connectivity index (χ0v) is 16.1. The molecule has 28 heavy (non-hydrogen) atoms. The number of aromatic nitrogens is 1. The molecule has 0 unspecified atom stereocenters. The van der Waals surface area contributed by atoms with E-state index in [0.717, 1.165) is 27.8 Å². The van der Waals surface area contributed by atoms with E-state index in [9.17, 15) is 10.1 Å². The van der Waals surface area contributed by atoms with E-state index < -0.39 is 4.92 Å². The first-order valence-corrected chi connectivity index (χ1v) is 9.34. The Morgan fingerprint density at radius 2 is 1.68 bits per heavy atom. The minimum atomic E-state index is -0.390. The van der Waals surface area contributed by atoms with Crippen molar-refractivity contribution in [2.24, 2.45) is 0 Å². The number of fused-ring (bicyclic) bond motifs is 1. The third-order valence-corrected chi connectivity index (χ3v) is 5.28. The van der Waals surface area contributed by atoms with Crippen LogP contribution < -0.4 is 0 Å². The summed E-state index contributed by atoms with van der Waals surface area (Å²) in [6.45, 7) is 0. The van der Waals surface area contributed by atoms with Crippen LogP contribution in [0.4, 0.5) is 5.69 Å². The van der Waals surface area contributed by atoms with Gasteiger partial charge in [-0.25, -0.2) is 4.98 Å². The number of non-ortho nitro benzene ring substituents is 1. The molecule has 4 rings (SSSR count). The van der Waals surface area contributed by atoms with E-state index in [0.29, 0.717) is 22.0 Å². The van der Waals surface area contributed by atoms with Crippen LogP contribution >= 0.6 is 23.2 Å². The van der Waals surface area contributed by atoms with Crippen LogP contribution in [0.5, 0.6) is 0 Å². The SMILES string of the molecule is O=[N+]([O-])c1ccc2nc(-c3ccc(Cl)c(Cl)c3)cc(Cc3ccccc3)c2c1. The highest BCUT2D eigenvalue weighted by atomic mass is 35.5. The van der Waals surface area contributed by atoms with Crippen LogP contribution in [0.1, 0.15) is 11.1 Å². The van der Waals surface area contributed by atoms with E-state index >= 15 is 0 Å². The van der Waals surface area contributed by atoms with Gasteiger partial charge in [0.15, 0.2) is 0 Å². The van der Waals surface area contributed by atoms with Gasteiger partial charge in [0.2, 0.25) is 0 Å². The topological polar surface area (TPSA) is 56.0 Å². The maximum atomic E-state index is 11.2. The van der Waals surface area contributed by atoms with Crippen molar-refractivity contribution in [2.45, 2.75) is 6.42 Å². The molecule has 6 heteroatoms. The predicted octanol–water partition coefficient (Wildman–Crippen LogP) is 6.71. The average Bonchev–Trinajstić information content (AvgIpc) is 2.70. The van der Waals surface area contributed by atoms with Gasteiger partial charge >= 0.3 is 0 Å². The minimum Gasteiger partial charge on any atom is -0.258 e. The Balaban J connectivity index is 1.91. The van der Waals surface area contributed by atoms with Crippen LogP contribution in [0.25, 0.3) is 22.2 Å². The third kappa shape index (κ3) is 3.70. The van der Waals surface area contributed by atoms with E-state index in [1.807, 2.05) is 42.5 Å². The average molecular weight is 409 g/mol. The van der Waals surface area contributed by atoms with E-state index in [1.54, 1.807) is 24.3 Å². The number of nitro groups is 1. The number of rotatable bonds is 4. The van der Waals surface area contributed by atoms with Crippen molar-refractivity contribution in [2.75, 3.05) is 0 Å². The summed E-state index contributed by atoms with van der Waals surface area (Å²) in [6, 6.07) is 22.0. The Kier molecular flexibility index (Phi) is 4.99. The Morgan fingerprint density at radius 1 is 0.893 bits per heavy atom. The number of nitro benzene ring substituents is 1. The van der Waals surface area contributed by atoms with Gasteiger partial charge < -0.3 is 0 Å². The minimum absolute atomic E-state index is 0.0471. The molecule has 1 aromatic heterocycles. The number of benzene rings is 3. The molecule has 0 bridgehead atoms. The summed E-state index contributed by atoms with van der Waals surface area (Å²) >= 11 is 12.2. The number of pyridine rings is 1. The standard InChI is InChI=1S/C22H14Cl2N2O2/c23-19-8-6-15(11-20(19)24)22-12-16(10-14-4-2-1-3-5-14)18-13-17(26(27)28)7-9-21(18)25-22/h1-9,11-13H,10H2.